The lowest BCUT2D eigenvalue weighted by atomic mass is 9.96. The average molecular weight is 234 g/mol. The summed E-state index contributed by atoms with van der Waals surface area (Å²) in [4.78, 5) is 11.5. The molecule has 0 amide bonds. The van der Waals surface area contributed by atoms with Crippen molar-refractivity contribution < 1.29 is 9.53 Å². The minimum absolute atomic E-state index is 0.0366. The molecule has 1 aromatic carbocycles. The van der Waals surface area contributed by atoms with Crippen molar-refractivity contribution >= 4 is 5.97 Å². The molecule has 0 aromatic heterocycles. The molecule has 17 heavy (non-hydrogen) atoms. The number of ether oxygens (including phenoxy) is 1. The Balaban J connectivity index is 2.33. The number of carbonyl (C=O) groups is 1. The van der Waals surface area contributed by atoms with E-state index in [4.69, 9.17) is 4.74 Å². The maximum atomic E-state index is 11.5. The van der Waals surface area contributed by atoms with Crippen molar-refractivity contribution in [3.63, 3.8) is 0 Å². The van der Waals surface area contributed by atoms with Crippen molar-refractivity contribution in [2.75, 3.05) is 0 Å². The number of benzene rings is 1. The van der Waals surface area contributed by atoms with Gasteiger partial charge in [-0.1, -0.05) is 44.2 Å². The summed E-state index contributed by atoms with van der Waals surface area (Å²) in [5.41, 5.74) is 1.28. The van der Waals surface area contributed by atoms with E-state index in [1.165, 1.54) is 5.56 Å². The molecule has 0 N–H and O–H groups in total. The molecular formula is C15H22O2. The Labute approximate surface area is 104 Å². The number of hydrogen-bond acceptors (Lipinski definition) is 2. The fraction of sp³-hybridized carbons (Fsp3) is 0.533. The summed E-state index contributed by atoms with van der Waals surface area (Å²) in [6, 6.07) is 10.3. The lowest BCUT2D eigenvalue weighted by Gasteiger charge is -2.13. The molecule has 1 rings (SSSR count). The molecule has 94 valence electrons. The number of esters is 1. The van der Waals surface area contributed by atoms with Gasteiger partial charge in [0.25, 0.3) is 0 Å². The van der Waals surface area contributed by atoms with Gasteiger partial charge in [-0.05, 0) is 31.2 Å². The van der Waals surface area contributed by atoms with Crippen LogP contribution < -0.4 is 0 Å². The zero-order valence-corrected chi connectivity index (χ0v) is 11.0. The molecule has 2 unspecified atom stereocenters. The molecule has 0 aliphatic heterocycles. The maximum absolute atomic E-state index is 11.5. The molecule has 0 radical (unpaired) electrons. The first-order valence-electron chi connectivity index (χ1n) is 6.38. The summed E-state index contributed by atoms with van der Waals surface area (Å²) in [6.07, 6.45) is 2.26. The number of carbonyl (C=O) groups excluding carboxylic acids is 1. The molecule has 1 aromatic rings. The largest absolute Gasteiger partial charge is 0.463 e. The van der Waals surface area contributed by atoms with Gasteiger partial charge in [-0.3, -0.25) is 4.79 Å². The molecule has 0 spiro atoms. The van der Waals surface area contributed by atoms with E-state index in [2.05, 4.69) is 19.1 Å². The summed E-state index contributed by atoms with van der Waals surface area (Å²) in [7, 11) is 0. The van der Waals surface area contributed by atoms with E-state index < -0.39 is 0 Å². The second-order valence-corrected chi connectivity index (χ2v) is 4.56. The lowest BCUT2D eigenvalue weighted by molar-refractivity contribution is -0.148. The third-order valence-electron chi connectivity index (χ3n) is 3.06. The van der Waals surface area contributed by atoms with Crippen LogP contribution in [0.3, 0.4) is 0 Å². The Hall–Kier alpha value is -1.31. The summed E-state index contributed by atoms with van der Waals surface area (Å²) in [5.74, 6) is 0.322. The van der Waals surface area contributed by atoms with E-state index in [9.17, 15) is 4.79 Å². The van der Waals surface area contributed by atoms with Gasteiger partial charge in [0.1, 0.15) is 0 Å². The van der Waals surface area contributed by atoms with Crippen LogP contribution in [0.15, 0.2) is 30.3 Å². The van der Waals surface area contributed by atoms with Crippen LogP contribution in [-0.4, -0.2) is 12.1 Å². The minimum Gasteiger partial charge on any atom is -0.463 e. The highest BCUT2D eigenvalue weighted by molar-refractivity contribution is 5.69. The first-order valence-corrected chi connectivity index (χ1v) is 6.38. The minimum atomic E-state index is -0.0814. The van der Waals surface area contributed by atoms with Crippen molar-refractivity contribution in [1.82, 2.24) is 0 Å². The van der Waals surface area contributed by atoms with Gasteiger partial charge in [0.15, 0.2) is 0 Å². The van der Waals surface area contributed by atoms with Crippen LogP contribution in [0, 0.1) is 0 Å². The molecule has 0 heterocycles. The van der Waals surface area contributed by atoms with E-state index in [1.54, 1.807) is 0 Å². The van der Waals surface area contributed by atoms with Gasteiger partial charge >= 0.3 is 5.97 Å². The van der Waals surface area contributed by atoms with E-state index >= 15 is 0 Å². The van der Waals surface area contributed by atoms with Gasteiger partial charge in [0, 0.05) is 6.42 Å². The van der Waals surface area contributed by atoms with E-state index in [1.807, 2.05) is 32.0 Å². The standard InChI is InChI=1S/C15H22O2/c1-4-13(3)17-15(16)11-10-12(2)14-8-6-5-7-9-14/h5-9,12-13H,4,10-11H2,1-3H3. The summed E-state index contributed by atoms with van der Waals surface area (Å²) < 4.78 is 5.25. The van der Waals surface area contributed by atoms with Crippen LogP contribution in [0.5, 0.6) is 0 Å². The average Bonchev–Trinajstić information content (AvgIpc) is 2.36. The maximum Gasteiger partial charge on any atom is 0.306 e. The highest BCUT2D eigenvalue weighted by Crippen LogP contribution is 2.20. The molecule has 2 atom stereocenters. The normalized spacial score (nSPS) is 14.1. The van der Waals surface area contributed by atoms with E-state index in [0.29, 0.717) is 12.3 Å². The summed E-state index contributed by atoms with van der Waals surface area (Å²) in [6.45, 7) is 6.09. The third-order valence-corrected chi connectivity index (χ3v) is 3.06. The van der Waals surface area contributed by atoms with Crippen LogP contribution in [0.25, 0.3) is 0 Å². The van der Waals surface area contributed by atoms with Crippen molar-refractivity contribution in [2.24, 2.45) is 0 Å². The molecule has 0 saturated heterocycles. The molecule has 0 saturated carbocycles. The molecule has 2 heteroatoms. The zero-order valence-electron chi connectivity index (χ0n) is 11.0. The first kappa shape index (κ1) is 13.8. The first-order chi connectivity index (χ1) is 8.13. The predicted octanol–water partition coefficient (Wildman–Crippen LogP) is 3.91. The molecular weight excluding hydrogens is 212 g/mol. The molecule has 0 aliphatic carbocycles. The second kappa shape index (κ2) is 7.10. The van der Waals surface area contributed by atoms with Gasteiger partial charge in [-0.25, -0.2) is 0 Å². The van der Waals surface area contributed by atoms with E-state index in [-0.39, 0.29) is 12.1 Å². The fourth-order valence-corrected chi connectivity index (χ4v) is 1.65. The van der Waals surface area contributed by atoms with Crippen LogP contribution in [0.1, 0.15) is 51.5 Å². The Morgan fingerprint density at radius 2 is 1.88 bits per heavy atom. The molecule has 0 fully saturated rings. The van der Waals surface area contributed by atoms with Crippen molar-refractivity contribution in [2.45, 2.75) is 52.1 Å². The van der Waals surface area contributed by atoms with Crippen molar-refractivity contribution in [3.05, 3.63) is 35.9 Å². The van der Waals surface area contributed by atoms with Crippen LogP contribution in [0.4, 0.5) is 0 Å². The van der Waals surface area contributed by atoms with Crippen LogP contribution >= 0.6 is 0 Å². The molecule has 0 aliphatic rings. The Kier molecular flexibility index (Phi) is 5.75. The van der Waals surface area contributed by atoms with Gasteiger partial charge < -0.3 is 4.74 Å². The fourth-order valence-electron chi connectivity index (χ4n) is 1.65. The smallest absolute Gasteiger partial charge is 0.306 e. The predicted molar refractivity (Wildman–Crippen MR) is 69.9 cm³/mol. The van der Waals surface area contributed by atoms with Gasteiger partial charge in [-0.2, -0.15) is 0 Å². The van der Waals surface area contributed by atoms with Gasteiger partial charge in [0.2, 0.25) is 0 Å². The highest BCUT2D eigenvalue weighted by Gasteiger charge is 2.11. The SMILES string of the molecule is CCC(C)OC(=O)CCC(C)c1ccccc1. The zero-order chi connectivity index (χ0) is 12.7. The Morgan fingerprint density at radius 1 is 1.24 bits per heavy atom. The topological polar surface area (TPSA) is 26.3 Å². The van der Waals surface area contributed by atoms with Gasteiger partial charge in [0.05, 0.1) is 6.10 Å². The van der Waals surface area contributed by atoms with Crippen molar-refractivity contribution in [3.8, 4) is 0 Å². The number of rotatable bonds is 6. The van der Waals surface area contributed by atoms with Crippen LogP contribution in [-0.2, 0) is 9.53 Å². The molecule has 2 nitrogen and oxygen atoms in total. The van der Waals surface area contributed by atoms with Crippen LogP contribution in [0.2, 0.25) is 0 Å². The summed E-state index contributed by atoms with van der Waals surface area (Å²) >= 11 is 0. The second-order valence-electron chi connectivity index (χ2n) is 4.56. The third kappa shape index (κ3) is 5.03. The van der Waals surface area contributed by atoms with E-state index in [0.717, 1.165) is 12.8 Å². The lowest BCUT2D eigenvalue weighted by Crippen LogP contribution is -2.14. The Bertz CT molecular complexity index is 332. The monoisotopic (exact) mass is 234 g/mol. The Morgan fingerprint density at radius 3 is 2.47 bits per heavy atom. The number of hydrogen-bond donors (Lipinski definition) is 0. The summed E-state index contributed by atoms with van der Waals surface area (Å²) in [5, 5.41) is 0. The van der Waals surface area contributed by atoms with Crippen molar-refractivity contribution in [1.29, 1.82) is 0 Å². The highest BCUT2D eigenvalue weighted by atomic mass is 16.5. The quantitative estimate of drug-likeness (QED) is 0.697. The van der Waals surface area contributed by atoms with Gasteiger partial charge in [-0.15, -0.1) is 0 Å². The molecule has 0 bridgehead atoms.